The average Bonchev–Trinajstić information content (AvgIpc) is 3.17. The summed E-state index contributed by atoms with van der Waals surface area (Å²) in [6.45, 7) is 11.1. The van der Waals surface area contributed by atoms with Crippen molar-refractivity contribution in [2.75, 3.05) is 33.4 Å². The Balaban J connectivity index is 2.22. The van der Waals surface area contributed by atoms with Crippen molar-refractivity contribution in [3.05, 3.63) is 0 Å². The molecule has 18 heavy (non-hydrogen) atoms. The molecular formula is C15H32N2O. The van der Waals surface area contributed by atoms with Crippen molar-refractivity contribution in [2.45, 2.75) is 58.5 Å². The monoisotopic (exact) mass is 256 g/mol. The summed E-state index contributed by atoms with van der Waals surface area (Å²) in [4.78, 5) is 2.62. The second-order valence-electron chi connectivity index (χ2n) is 5.71. The minimum absolute atomic E-state index is 0.649. The van der Waals surface area contributed by atoms with E-state index in [1.54, 1.807) is 7.11 Å². The molecule has 0 heterocycles. The summed E-state index contributed by atoms with van der Waals surface area (Å²) in [6, 6.07) is 1.39. The van der Waals surface area contributed by atoms with Crippen LogP contribution in [0.3, 0.4) is 0 Å². The van der Waals surface area contributed by atoms with Crippen LogP contribution in [-0.2, 0) is 4.74 Å². The number of ether oxygens (including phenoxy) is 1. The summed E-state index contributed by atoms with van der Waals surface area (Å²) < 4.78 is 5.23. The van der Waals surface area contributed by atoms with Gasteiger partial charge in [-0.2, -0.15) is 0 Å². The van der Waals surface area contributed by atoms with E-state index in [1.165, 1.54) is 32.2 Å². The van der Waals surface area contributed by atoms with Gasteiger partial charge in [-0.3, -0.25) is 4.90 Å². The van der Waals surface area contributed by atoms with Gasteiger partial charge in [-0.05, 0) is 58.5 Å². The number of rotatable bonds is 11. The van der Waals surface area contributed by atoms with Gasteiger partial charge in [-0.25, -0.2) is 0 Å². The molecule has 2 unspecified atom stereocenters. The topological polar surface area (TPSA) is 24.5 Å². The highest BCUT2D eigenvalue weighted by Crippen LogP contribution is 2.35. The van der Waals surface area contributed by atoms with Crippen molar-refractivity contribution in [2.24, 2.45) is 5.92 Å². The predicted molar refractivity (Wildman–Crippen MR) is 78.0 cm³/mol. The van der Waals surface area contributed by atoms with Crippen molar-refractivity contribution >= 4 is 0 Å². The third-order valence-electron chi connectivity index (χ3n) is 4.10. The van der Waals surface area contributed by atoms with Crippen molar-refractivity contribution in [3.63, 3.8) is 0 Å². The molecule has 1 rings (SSSR count). The van der Waals surface area contributed by atoms with Crippen molar-refractivity contribution in [1.29, 1.82) is 0 Å². The second-order valence-corrected chi connectivity index (χ2v) is 5.71. The molecule has 1 saturated carbocycles. The Kier molecular flexibility index (Phi) is 7.87. The van der Waals surface area contributed by atoms with Gasteiger partial charge in [0.2, 0.25) is 0 Å². The molecule has 3 heteroatoms. The van der Waals surface area contributed by atoms with E-state index in [-0.39, 0.29) is 0 Å². The van der Waals surface area contributed by atoms with Crippen LogP contribution in [0.25, 0.3) is 0 Å². The van der Waals surface area contributed by atoms with Crippen LogP contribution in [0.1, 0.15) is 46.5 Å². The average molecular weight is 256 g/mol. The van der Waals surface area contributed by atoms with Crippen molar-refractivity contribution in [3.8, 4) is 0 Å². The van der Waals surface area contributed by atoms with Crippen LogP contribution >= 0.6 is 0 Å². The van der Waals surface area contributed by atoms with Gasteiger partial charge in [0.05, 0.1) is 6.61 Å². The molecule has 2 atom stereocenters. The minimum atomic E-state index is 0.649. The predicted octanol–water partition coefficient (Wildman–Crippen LogP) is 2.51. The smallest absolute Gasteiger partial charge is 0.0589 e. The highest BCUT2D eigenvalue weighted by molar-refractivity contribution is 4.85. The Bertz CT molecular complexity index is 207. The largest absolute Gasteiger partial charge is 0.383 e. The first-order valence-electron chi connectivity index (χ1n) is 7.65. The lowest BCUT2D eigenvalue weighted by atomic mass is 10.1. The zero-order valence-corrected chi connectivity index (χ0v) is 12.7. The van der Waals surface area contributed by atoms with Gasteiger partial charge in [0, 0.05) is 25.7 Å². The van der Waals surface area contributed by atoms with E-state index in [0.29, 0.717) is 6.04 Å². The first-order chi connectivity index (χ1) is 8.69. The number of hydrogen-bond acceptors (Lipinski definition) is 3. The summed E-state index contributed by atoms with van der Waals surface area (Å²) in [5.74, 6) is 0.952. The lowest BCUT2D eigenvalue weighted by Gasteiger charge is -2.29. The Morgan fingerprint density at radius 1 is 1.28 bits per heavy atom. The summed E-state index contributed by atoms with van der Waals surface area (Å²) in [5, 5.41) is 3.48. The third-order valence-corrected chi connectivity index (χ3v) is 4.10. The molecule has 0 aromatic carbocycles. The zero-order valence-electron chi connectivity index (χ0n) is 12.7. The summed E-state index contributed by atoms with van der Waals surface area (Å²) in [5.41, 5.74) is 0. The number of hydrogen-bond donors (Lipinski definition) is 1. The quantitative estimate of drug-likeness (QED) is 0.615. The van der Waals surface area contributed by atoms with Crippen LogP contribution in [0.5, 0.6) is 0 Å². The van der Waals surface area contributed by atoms with Gasteiger partial charge in [0.1, 0.15) is 0 Å². The standard InChI is InChI=1S/C15H32N2O/c1-5-16-13(2)7-6-10-17(11-12-18-4)14(3)15-8-9-15/h13-16H,5-12H2,1-4H3. The fraction of sp³-hybridized carbons (Fsp3) is 1.00. The molecule has 0 aromatic rings. The molecule has 0 bridgehead atoms. The second kappa shape index (κ2) is 8.89. The highest BCUT2D eigenvalue weighted by atomic mass is 16.5. The van der Waals surface area contributed by atoms with Gasteiger partial charge in [0.25, 0.3) is 0 Å². The molecule has 3 nitrogen and oxygen atoms in total. The molecule has 0 saturated heterocycles. The lowest BCUT2D eigenvalue weighted by molar-refractivity contribution is 0.115. The third kappa shape index (κ3) is 6.17. The summed E-state index contributed by atoms with van der Waals surface area (Å²) in [7, 11) is 1.80. The van der Waals surface area contributed by atoms with E-state index in [0.717, 1.165) is 31.7 Å². The van der Waals surface area contributed by atoms with Crippen LogP contribution < -0.4 is 5.32 Å². The normalized spacial score (nSPS) is 19.2. The maximum atomic E-state index is 5.23. The first kappa shape index (κ1) is 15.9. The van der Waals surface area contributed by atoms with E-state index >= 15 is 0 Å². The summed E-state index contributed by atoms with van der Waals surface area (Å²) >= 11 is 0. The molecule has 0 spiro atoms. The molecule has 1 aliphatic rings. The molecule has 0 amide bonds. The SMILES string of the molecule is CCNC(C)CCCN(CCOC)C(C)C1CC1. The molecule has 1 N–H and O–H groups in total. The fourth-order valence-corrected chi connectivity index (χ4v) is 2.66. The zero-order chi connectivity index (χ0) is 13.4. The van der Waals surface area contributed by atoms with Gasteiger partial charge in [-0.1, -0.05) is 6.92 Å². The van der Waals surface area contributed by atoms with E-state index in [2.05, 4.69) is 31.0 Å². The van der Waals surface area contributed by atoms with Gasteiger partial charge >= 0.3 is 0 Å². The first-order valence-corrected chi connectivity index (χ1v) is 7.65. The maximum Gasteiger partial charge on any atom is 0.0589 e. The molecule has 0 aliphatic heterocycles. The Labute approximate surface area is 113 Å². The van der Waals surface area contributed by atoms with Crippen LogP contribution in [0.15, 0.2) is 0 Å². The van der Waals surface area contributed by atoms with E-state index in [4.69, 9.17) is 4.74 Å². The Morgan fingerprint density at radius 3 is 2.56 bits per heavy atom. The molecule has 0 radical (unpaired) electrons. The van der Waals surface area contributed by atoms with Gasteiger partial charge < -0.3 is 10.1 Å². The summed E-state index contributed by atoms with van der Waals surface area (Å²) in [6.07, 6.45) is 5.42. The molecule has 108 valence electrons. The van der Waals surface area contributed by atoms with E-state index < -0.39 is 0 Å². The lowest BCUT2D eigenvalue weighted by Crippen LogP contribution is -2.38. The van der Waals surface area contributed by atoms with E-state index in [9.17, 15) is 0 Å². The van der Waals surface area contributed by atoms with Crippen molar-refractivity contribution in [1.82, 2.24) is 10.2 Å². The van der Waals surface area contributed by atoms with Crippen LogP contribution in [-0.4, -0.2) is 50.3 Å². The van der Waals surface area contributed by atoms with Crippen LogP contribution in [0.4, 0.5) is 0 Å². The van der Waals surface area contributed by atoms with Crippen LogP contribution in [0, 0.1) is 5.92 Å². The van der Waals surface area contributed by atoms with E-state index in [1.807, 2.05) is 0 Å². The van der Waals surface area contributed by atoms with Gasteiger partial charge in [-0.15, -0.1) is 0 Å². The number of nitrogens with zero attached hydrogens (tertiary/aromatic N) is 1. The molecule has 1 fully saturated rings. The molecule has 0 aromatic heterocycles. The number of nitrogens with one attached hydrogen (secondary N) is 1. The van der Waals surface area contributed by atoms with Crippen LogP contribution in [0.2, 0.25) is 0 Å². The Hall–Kier alpha value is -0.120. The van der Waals surface area contributed by atoms with Crippen molar-refractivity contribution < 1.29 is 4.74 Å². The minimum Gasteiger partial charge on any atom is -0.383 e. The molecule has 1 aliphatic carbocycles. The maximum absolute atomic E-state index is 5.23. The number of methoxy groups -OCH3 is 1. The molecular weight excluding hydrogens is 224 g/mol. The Morgan fingerprint density at radius 2 is 2.00 bits per heavy atom. The van der Waals surface area contributed by atoms with Gasteiger partial charge in [0.15, 0.2) is 0 Å². The fourth-order valence-electron chi connectivity index (χ4n) is 2.66. The highest BCUT2D eigenvalue weighted by Gasteiger charge is 2.31.